The van der Waals surface area contributed by atoms with Crippen molar-refractivity contribution in [2.45, 2.75) is 12.5 Å². The molecule has 1 aromatic heterocycles. The minimum Gasteiger partial charge on any atom is -0.336 e. The highest BCUT2D eigenvalue weighted by Gasteiger charge is 2.16. The molecular weight excluding hydrogens is 148 g/mol. The number of hydrogen-bond donors (Lipinski definition) is 1. The van der Waals surface area contributed by atoms with E-state index in [4.69, 9.17) is 0 Å². The average molecular weight is 162 g/mol. The maximum absolute atomic E-state index is 3.11. The second-order valence-corrected chi connectivity index (χ2v) is 3.12. The van der Waals surface area contributed by atoms with E-state index in [0.29, 0.717) is 6.04 Å². The van der Waals surface area contributed by atoms with Crippen molar-refractivity contribution in [3.63, 3.8) is 0 Å². The fourth-order valence-electron chi connectivity index (χ4n) is 1.59. The molecule has 2 heteroatoms. The number of aromatic amines is 1. The third kappa shape index (κ3) is 1.53. The quantitative estimate of drug-likeness (QED) is 0.566. The van der Waals surface area contributed by atoms with Crippen LogP contribution in [0.4, 0.5) is 0 Å². The van der Waals surface area contributed by atoms with Crippen molar-refractivity contribution in [1.29, 1.82) is 0 Å². The van der Waals surface area contributed by atoms with E-state index in [1.807, 2.05) is 6.20 Å². The lowest BCUT2D eigenvalue weighted by atomic mass is 10.0. The zero-order valence-corrected chi connectivity index (χ0v) is 7.03. The molecule has 1 unspecified atom stereocenters. The summed E-state index contributed by atoms with van der Waals surface area (Å²) in [7, 11) is 0. The van der Waals surface area contributed by atoms with E-state index < -0.39 is 0 Å². The summed E-state index contributed by atoms with van der Waals surface area (Å²) in [5.74, 6) is 0. The SMILES string of the molecule is C1=CCC(c2ccc[nH+]c2)[NH2+]C1. The van der Waals surface area contributed by atoms with Gasteiger partial charge in [0.05, 0.1) is 12.1 Å². The lowest BCUT2D eigenvalue weighted by Gasteiger charge is -2.14. The molecule has 0 aromatic carbocycles. The van der Waals surface area contributed by atoms with Crippen LogP contribution in [0.2, 0.25) is 0 Å². The highest BCUT2D eigenvalue weighted by molar-refractivity contribution is 5.10. The predicted molar refractivity (Wildman–Crippen MR) is 46.3 cm³/mol. The molecule has 12 heavy (non-hydrogen) atoms. The monoisotopic (exact) mass is 162 g/mol. The van der Waals surface area contributed by atoms with E-state index in [1.165, 1.54) is 5.56 Å². The zero-order valence-electron chi connectivity index (χ0n) is 7.03. The van der Waals surface area contributed by atoms with Crippen LogP contribution in [0.1, 0.15) is 18.0 Å². The van der Waals surface area contributed by atoms with Crippen LogP contribution < -0.4 is 10.3 Å². The maximum Gasteiger partial charge on any atom is 0.176 e. The van der Waals surface area contributed by atoms with E-state index in [1.54, 1.807) is 0 Å². The minimum atomic E-state index is 0.618. The molecule has 62 valence electrons. The second-order valence-electron chi connectivity index (χ2n) is 3.12. The molecule has 2 nitrogen and oxygen atoms in total. The van der Waals surface area contributed by atoms with Gasteiger partial charge in [-0.25, -0.2) is 4.98 Å². The molecule has 0 aliphatic carbocycles. The van der Waals surface area contributed by atoms with Gasteiger partial charge in [0.2, 0.25) is 0 Å². The number of nitrogens with one attached hydrogen (secondary N) is 1. The molecule has 2 heterocycles. The van der Waals surface area contributed by atoms with Crippen LogP contribution in [0.3, 0.4) is 0 Å². The summed E-state index contributed by atoms with van der Waals surface area (Å²) in [6, 6.07) is 4.85. The van der Waals surface area contributed by atoms with Crippen LogP contribution in [-0.2, 0) is 0 Å². The molecule has 0 amide bonds. The normalized spacial score (nSPS) is 22.5. The van der Waals surface area contributed by atoms with Gasteiger partial charge < -0.3 is 5.32 Å². The number of aromatic nitrogens is 1. The lowest BCUT2D eigenvalue weighted by molar-refractivity contribution is -0.690. The molecule has 3 N–H and O–H groups in total. The van der Waals surface area contributed by atoms with Gasteiger partial charge in [0.15, 0.2) is 12.4 Å². The number of H-pyrrole nitrogens is 1. The first-order valence-electron chi connectivity index (χ1n) is 4.41. The van der Waals surface area contributed by atoms with E-state index in [0.717, 1.165) is 13.0 Å². The van der Waals surface area contributed by atoms with Gasteiger partial charge in [-0.15, -0.1) is 0 Å². The Hall–Kier alpha value is -1.15. The van der Waals surface area contributed by atoms with E-state index in [2.05, 4.69) is 40.8 Å². The van der Waals surface area contributed by atoms with Gasteiger partial charge in [-0.05, 0) is 12.1 Å². The molecule has 0 spiro atoms. The van der Waals surface area contributed by atoms with Crippen molar-refractivity contribution in [3.05, 3.63) is 42.2 Å². The Kier molecular flexibility index (Phi) is 2.19. The van der Waals surface area contributed by atoms with Gasteiger partial charge in [0, 0.05) is 12.5 Å². The summed E-state index contributed by atoms with van der Waals surface area (Å²) >= 11 is 0. The van der Waals surface area contributed by atoms with Crippen molar-refractivity contribution in [2.24, 2.45) is 0 Å². The molecule has 0 saturated heterocycles. The van der Waals surface area contributed by atoms with Crippen molar-refractivity contribution in [2.75, 3.05) is 6.54 Å². The van der Waals surface area contributed by atoms with Crippen LogP contribution >= 0.6 is 0 Å². The summed E-state index contributed by atoms with van der Waals surface area (Å²) < 4.78 is 0. The molecule has 1 aliphatic rings. The Bertz CT molecular complexity index is 266. The summed E-state index contributed by atoms with van der Waals surface area (Å²) in [4.78, 5) is 3.11. The smallest absolute Gasteiger partial charge is 0.176 e. The summed E-state index contributed by atoms with van der Waals surface area (Å²) in [5, 5.41) is 2.36. The van der Waals surface area contributed by atoms with Crippen molar-refractivity contribution in [1.82, 2.24) is 0 Å². The third-order valence-corrected chi connectivity index (χ3v) is 2.27. The van der Waals surface area contributed by atoms with E-state index >= 15 is 0 Å². The highest BCUT2D eigenvalue weighted by Crippen LogP contribution is 2.11. The van der Waals surface area contributed by atoms with Crippen LogP contribution in [0.5, 0.6) is 0 Å². The van der Waals surface area contributed by atoms with Crippen LogP contribution in [-0.4, -0.2) is 6.54 Å². The molecule has 0 radical (unpaired) electrons. The number of hydrogen-bond acceptors (Lipinski definition) is 0. The van der Waals surface area contributed by atoms with Gasteiger partial charge >= 0.3 is 0 Å². The molecule has 1 aliphatic heterocycles. The summed E-state index contributed by atoms with van der Waals surface area (Å²) in [5.41, 5.74) is 1.39. The fourth-order valence-corrected chi connectivity index (χ4v) is 1.59. The van der Waals surface area contributed by atoms with Gasteiger partial charge in [0.25, 0.3) is 0 Å². The van der Waals surface area contributed by atoms with E-state index in [-0.39, 0.29) is 0 Å². The topological polar surface area (TPSA) is 30.8 Å². The van der Waals surface area contributed by atoms with E-state index in [9.17, 15) is 0 Å². The van der Waals surface area contributed by atoms with Crippen molar-refractivity contribution >= 4 is 0 Å². The predicted octanol–water partition coefficient (Wildman–Crippen LogP) is 0.0651. The first kappa shape index (κ1) is 7.50. The Morgan fingerprint density at radius 2 is 2.42 bits per heavy atom. The van der Waals surface area contributed by atoms with Gasteiger partial charge in [-0.3, -0.25) is 0 Å². The maximum atomic E-state index is 3.11. The van der Waals surface area contributed by atoms with Crippen LogP contribution in [0.25, 0.3) is 0 Å². The third-order valence-electron chi connectivity index (χ3n) is 2.27. The fraction of sp³-hybridized carbons (Fsp3) is 0.300. The summed E-state index contributed by atoms with van der Waals surface area (Å²) in [6.07, 6.45) is 9.67. The van der Waals surface area contributed by atoms with Gasteiger partial charge in [-0.1, -0.05) is 6.08 Å². The van der Waals surface area contributed by atoms with Crippen LogP contribution in [0.15, 0.2) is 36.7 Å². The number of nitrogens with two attached hydrogens (primary N) is 1. The van der Waals surface area contributed by atoms with Gasteiger partial charge in [0.1, 0.15) is 6.04 Å². The average Bonchev–Trinajstić information content (AvgIpc) is 2.21. The first-order chi connectivity index (χ1) is 5.97. The Morgan fingerprint density at radius 3 is 3.08 bits per heavy atom. The Balaban J connectivity index is 2.15. The molecule has 0 saturated carbocycles. The van der Waals surface area contributed by atoms with Gasteiger partial charge in [-0.2, -0.15) is 0 Å². The molecule has 2 rings (SSSR count). The zero-order chi connectivity index (χ0) is 8.23. The highest BCUT2D eigenvalue weighted by atomic mass is 14.9. The largest absolute Gasteiger partial charge is 0.336 e. The molecule has 1 aromatic rings. The minimum absolute atomic E-state index is 0.618. The van der Waals surface area contributed by atoms with Crippen molar-refractivity contribution in [3.8, 4) is 0 Å². The Labute approximate surface area is 72.3 Å². The number of quaternary nitrogens is 1. The standard InChI is InChI=1S/C10H12N2/c1-2-7-12-10(5-1)9-4-3-6-11-8-9/h1-4,6,8,10,12H,5,7H2/p+2. The number of pyridine rings is 1. The second kappa shape index (κ2) is 3.50. The van der Waals surface area contributed by atoms with Crippen molar-refractivity contribution < 1.29 is 10.3 Å². The lowest BCUT2D eigenvalue weighted by Crippen LogP contribution is -2.85. The summed E-state index contributed by atoms with van der Waals surface area (Å²) in [6.45, 7) is 1.11. The number of rotatable bonds is 1. The van der Waals surface area contributed by atoms with Crippen LogP contribution in [0, 0.1) is 0 Å². The molecular formula is C10H14N2+2. The first-order valence-corrected chi connectivity index (χ1v) is 4.41. The molecule has 0 bridgehead atoms. The molecule has 1 atom stereocenters. The Morgan fingerprint density at radius 1 is 1.42 bits per heavy atom. The molecule has 0 fully saturated rings.